The van der Waals surface area contributed by atoms with Crippen LogP contribution in [-0.4, -0.2) is 31.9 Å². The monoisotopic (exact) mass is 285 g/mol. The lowest BCUT2D eigenvalue weighted by molar-refractivity contribution is -0.121. The van der Waals surface area contributed by atoms with Crippen molar-refractivity contribution in [3.8, 4) is 5.75 Å². The summed E-state index contributed by atoms with van der Waals surface area (Å²) in [4.78, 5) is 13.5. The molecule has 0 radical (unpaired) electrons. The summed E-state index contributed by atoms with van der Waals surface area (Å²) in [6.07, 6.45) is 0. The van der Waals surface area contributed by atoms with E-state index in [2.05, 4.69) is 15.9 Å². The van der Waals surface area contributed by atoms with Gasteiger partial charge >= 0.3 is 0 Å². The molecule has 0 aliphatic rings. The van der Waals surface area contributed by atoms with Crippen molar-refractivity contribution in [2.45, 2.75) is 13.0 Å². The zero-order valence-electron chi connectivity index (χ0n) is 9.95. The highest BCUT2D eigenvalue weighted by atomic mass is 79.9. The Hall–Kier alpha value is -0.870. The van der Waals surface area contributed by atoms with Crippen molar-refractivity contribution in [1.82, 2.24) is 4.90 Å². The zero-order chi connectivity index (χ0) is 12.3. The van der Waals surface area contributed by atoms with Gasteiger partial charge in [-0.3, -0.25) is 9.69 Å². The fourth-order valence-corrected chi connectivity index (χ4v) is 2.16. The van der Waals surface area contributed by atoms with E-state index in [4.69, 9.17) is 4.74 Å². The lowest BCUT2D eigenvalue weighted by atomic mass is 10.0. The Balaban J connectivity index is 3.26. The molecule has 0 saturated carbocycles. The number of likely N-dealkylation sites (N-methyl/N-ethyl adjacent to an activating group) is 1. The van der Waals surface area contributed by atoms with Crippen LogP contribution in [0.3, 0.4) is 0 Å². The predicted octanol–water partition coefficient (Wildman–Crippen LogP) is 2.65. The van der Waals surface area contributed by atoms with Crippen LogP contribution in [0.15, 0.2) is 22.7 Å². The topological polar surface area (TPSA) is 29.5 Å². The van der Waals surface area contributed by atoms with Crippen LogP contribution >= 0.6 is 15.9 Å². The van der Waals surface area contributed by atoms with Crippen LogP contribution in [0.25, 0.3) is 0 Å². The third kappa shape index (κ3) is 2.83. The van der Waals surface area contributed by atoms with Crippen LogP contribution < -0.4 is 4.74 Å². The van der Waals surface area contributed by atoms with Gasteiger partial charge in [-0.1, -0.05) is 15.9 Å². The van der Waals surface area contributed by atoms with Gasteiger partial charge in [-0.2, -0.15) is 0 Å². The van der Waals surface area contributed by atoms with E-state index < -0.39 is 0 Å². The summed E-state index contributed by atoms with van der Waals surface area (Å²) in [5.41, 5.74) is 0.884. The Labute approximate surface area is 105 Å². The maximum Gasteiger partial charge on any atom is 0.151 e. The molecule has 1 unspecified atom stereocenters. The minimum absolute atomic E-state index is 0.0985. The van der Waals surface area contributed by atoms with E-state index in [9.17, 15) is 4.79 Å². The summed E-state index contributed by atoms with van der Waals surface area (Å²) < 4.78 is 6.22. The molecule has 0 N–H and O–H groups in total. The molecule has 1 atom stereocenters. The molecular weight excluding hydrogens is 270 g/mol. The quantitative estimate of drug-likeness (QED) is 0.852. The molecule has 0 aromatic heterocycles. The van der Waals surface area contributed by atoms with Gasteiger partial charge < -0.3 is 4.74 Å². The maximum atomic E-state index is 11.7. The highest BCUT2D eigenvalue weighted by molar-refractivity contribution is 9.10. The van der Waals surface area contributed by atoms with Crippen LogP contribution in [0.5, 0.6) is 5.75 Å². The average Bonchev–Trinajstić information content (AvgIpc) is 2.17. The third-order valence-corrected chi connectivity index (χ3v) is 2.88. The van der Waals surface area contributed by atoms with Crippen molar-refractivity contribution in [2.24, 2.45) is 0 Å². The van der Waals surface area contributed by atoms with Crippen LogP contribution in [0.1, 0.15) is 18.5 Å². The molecule has 0 saturated heterocycles. The van der Waals surface area contributed by atoms with Crippen LogP contribution in [0.4, 0.5) is 0 Å². The first-order valence-corrected chi connectivity index (χ1v) is 5.77. The minimum Gasteiger partial charge on any atom is -0.496 e. The average molecular weight is 286 g/mol. The lowest BCUT2D eigenvalue weighted by Gasteiger charge is -2.24. The Kier molecular flexibility index (Phi) is 4.50. The number of carbonyl (C=O) groups is 1. The largest absolute Gasteiger partial charge is 0.496 e. The van der Waals surface area contributed by atoms with Gasteiger partial charge in [0.15, 0.2) is 5.78 Å². The normalized spacial score (nSPS) is 12.6. The zero-order valence-corrected chi connectivity index (χ0v) is 11.5. The highest BCUT2D eigenvalue weighted by Crippen LogP contribution is 2.31. The van der Waals surface area contributed by atoms with Gasteiger partial charge in [-0.15, -0.1) is 0 Å². The second kappa shape index (κ2) is 5.46. The molecule has 0 aliphatic carbocycles. The molecule has 0 bridgehead atoms. The number of ketones is 1. The third-order valence-electron chi connectivity index (χ3n) is 2.39. The number of ether oxygens (including phenoxy) is 1. The molecule has 0 spiro atoms. The van der Waals surface area contributed by atoms with Gasteiger partial charge in [0, 0.05) is 10.0 Å². The molecule has 1 rings (SSSR count). The van der Waals surface area contributed by atoms with Crippen molar-refractivity contribution in [3.63, 3.8) is 0 Å². The fraction of sp³-hybridized carbons (Fsp3) is 0.417. The van der Waals surface area contributed by atoms with E-state index in [-0.39, 0.29) is 11.8 Å². The number of benzene rings is 1. The van der Waals surface area contributed by atoms with Gasteiger partial charge in [0.1, 0.15) is 5.75 Å². The molecule has 0 fully saturated rings. The molecule has 3 nitrogen and oxygen atoms in total. The summed E-state index contributed by atoms with van der Waals surface area (Å²) in [6.45, 7) is 1.59. The van der Waals surface area contributed by atoms with Gasteiger partial charge in [0.05, 0.1) is 13.2 Å². The lowest BCUT2D eigenvalue weighted by Crippen LogP contribution is -2.26. The van der Waals surface area contributed by atoms with Crippen LogP contribution in [0.2, 0.25) is 0 Å². The van der Waals surface area contributed by atoms with E-state index in [0.29, 0.717) is 0 Å². The minimum atomic E-state index is -0.271. The Morgan fingerprint density at radius 3 is 2.50 bits per heavy atom. The number of carbonyl (C=O) groups excluding carboxylic acids is 1. The van der Waals surface area contributed by atoms with E-state index in [1.54, 1.807) is 14.0 Å². The number of hydrogen-bond acceptors (Lipinski definition) is 3. The predicted molar refractivity (Wildman–Crippen MR) is 67.8 cm³/mol. The molecule has 1 aromatic rings. The molecule has 16 heavy (non-hydrogen) atoms. The molecule has 0 heterocycles. The van der Waals surface area contributed by atoms with E-state index in [1.807, 2.05) is 37.2 Å². The van der Waals surface area contributed by atoms with E-state index >= 15 is 0 Å². The highest BCUT2D eigenvalue weighted by Gasteiger charge is 2.22. The number of hydrogen-bond donors (Lipinski definition) is 0. The van der Waals surface area contributed by atoms with Crippen molar-refractivity contribution in [2.75, 3.05) is 21.2 Å². The first-order chi connectivity index (χ1) is 7.47. The summed E-state index contributed by atoms with van der Waals surface area (Å²) in [7, 11) is 5.37. The number of halogens is 1. The number of Topliss-reactive ketones (excluding diaryl/α,β-unsaturated/α-hetero) is 1. The summed E-state index contributed by atoms with van der Waals surface area (Å²) in [6, 6.07) is 5.41. The molecule has 88 valence electrons. The molecular formula is C12H16BrNO2. The van der Waals surface area contributed by atoms with Crippen molar-refractivity contribution < 1.29 is 9.53 Å². The Morgan fingerprint density at radius 1 is 1.44 bits per heavy atom. The van der Waals surface area contributed by atoms with Crippen molar-refractivity contribution >= 4 is 21.7 Å². The molecule has 0 aliphatic heterocycles. The Morgan fingerprint density at radius 2 is 2.06 bits per heavy atom. The molecule has 4 heteroatoms. The second-order valence-electron chi connectivity index (χ2n) is 3.86. The van der Waals surface area contributed by atoms with Crippen molar-refractivity contribution in [3.05, 3.63) is 28.2 Å². The van der Waals surface area contributed by atoms with Gasteiger partial charge in [-0.25, -0.2) is 0 Å². The van der Waals surface area contributed by atoms with E-state index in [0.717, 1.165) is 15.8 Å². The molecule has 0 amide bonds. The fourth-order valence-electron chi connectivity index (χ4n) is 1.78. The Bertz CT molecular complexity index is 391. The van der Waals surface area contributed by atoms with Crippen LogP contribution in [-0.2, 0) is 4.79 Å². The summed E-state index contributed by atoms with van der Waals surface area (Å²) in [5, 5.41) is 0. The van der Waals surface area contributed by atoms with Gasteiger partial charge in [0.2, 0.25) is 0 Å². The maximum absolute atomic E-state index is 11.7. The SMILES string of the molecule is COc1ccc(Br)cc1C(C(C)=O)N(C)C. The van der Waals surface area contributed by atoms with E-state index in [1.165, 1.54) is 0 Å². The molecule has 1 aromatic carbocycles. The number of methoxy groups -OCH3 is 1. The summed E-state index contributed by atoms with van der Waals surface area (Å²) >= 11 is 3.41. The van der Waals surface area contributed by atoms with Crippen LogP contribution in [0, 0.1) is 0 Å². The first kappa shape index (κ1) is 13.2. The smallest absolute Gasteiger partial charge is 0.151 e. The number of rotatable bonds is 4. The first-order valence-electron chi connectivity index (χ1n) is 4.97. The van der Waals surface area contributed by atoms with Gasteiger partial charge in [0.25, 0.3) is 0 Å². The van der Waals surface area contributed by atoms with Gasteiger partial charge in [-0.05, 0) is 39.2 Å². The number of nitrogens with zero attached hydrogens (tertiary/aromatic N) is 1. The van der Waals surface area contributed by atoms with Crippen molar-refractivity contribution in [1.29, 1.82) is 0 Å². The second-order valence-corrected chi connectivity index (χ2v) is 4.78. The standard InChI is InChI=1S/C12H16BrNO2/c1-8(15)12(14(2)3)10-7-9(13)5-6-11(10)16-4/h5-7,12H,1-4H3. The summed E-state index contributed by atoms with van der Waals surface area (Å²) in [5.74, 6) is 0.832.